The lowest BCUT2D eigenvalue weighted by Gasteiger charge is -2.45. The van der Waals surface area contributed by atoms with Crippen LogP contribution in [0.25, 0.3) is 0 Å². The smallest absolute Gasteiger partial charge is 0.242 e. The molecule has 2 fully saturated rings. The Kier molecular flexibility index (Phi) is 7.27. The Morgan fingerprint density at radius 2 is 1.67 bits per heavy atom. The highest BCUT2D eigenvalue weighted by Gasteiger charge is 2.35. The summed E-state index contributed by atoms with van der Waals surface area (Å²) in [6, 6.07) is 19.0. The number of halogens is 1. The Labute approximate surface area is 207 Å². The van der Waals surface area contributed by atoms with Gasteiger partial charge in [-0.15, -0.1) is 0 Å². The van der Waals surface area contributed by atoms with Gasteiger partial charge in [0.05, 0.1) is 12.6 Å². The molecule has 2 aromatic carbocycles. The van der Waals surface area contributed by atoms with E-state index < -0.39 is 0 Å². The summed E-state index contributed by atoms with van der Waals surface area (Å²) in [6.45, 7) is 9.85. The van der Waals surface area contributed by atoms with Crippen LogP contribution >= 0.6 is 23.8 Å². The van der Waals surface area contributed by atoms with E-state index in [9.17, 15) is 4.79 Å². The first-order valence-corrected chi connectivity index (χ1v) is 12.4. The molecule has 4 rings (SSSR count). The number of piperazine rings is 1. The molecule has 2 aliphatic heterocycles. The molecule has 0 aliphatic carbocycles. The molecule has 1 amide bonds. The van der Waals surface area contributed by atoms with Gasteiger partial charge in [-0.1, -0.05) is 54.1 Å². The quantitative estimate of drug-likeness (QED) is 0.640. The number of carbonyl (C=O) groups excluding carboxylic acids is 1. The second-order valence-corrected chi connectivity index (χ2v) is 10.6. The number of nitrogens with one attached hydrogen (secondary N) is 1. The minimum atomic E-state index is -0.0320. The van der Waals surface area contributed by atoms with E-state index in [2.05, 4.69) is 67.4 Å². The molecule has 33 heavy (non-hydrogen) atoms. The molecule has 5 nitrogen and oxygen atoms in total. The van der Waals surface area contributed by atoms with Crippen LogP contribution in [0.15, 0.2) is 54.6 Å². The van der Waals surface area contributed by atoms with Gasteiger partial charge in [-0.2, -0.15) is 0 Å². The van der Waals surface area contributed by atoms with E-state index in [-0.39, 0.29) is 23.5 Å². The minimum Gasteiger partial charge on any atom is -0.358 e. The molecule has 0 radical (unpaired) electrons. The Morgan fingerprint density at radius 1 is 1.06 bits per heavy atom. The average molecular weight is 485 g/mol. The molecule has 176 valence electrons. The van der Waals surface area contributed by atoms with E-state index in [1.165, 1.54) is 11.1 Å². The standard InChI is InChI=1S/C26H33ClN4OS/c1-19-17-26(2,3)28-25(33)31(19)18-23(32)29-13-15-30(16-14-29)24(20-7-5-4-6-8-20)21-9-11-22(27)12-10-21/h4-12,19,24H,13-18H2,1-3H3,(H,28,33)/t19-,24-/m0/s1. The molecule has 0 bridgehead atoms. The fraction of sp³-hybridized carbons (Fsp3) is 0.462. The van der Waals surface area contributed by atoms with Crippen LogP contribution in [0.2, 0.25) is 5.02 Å². The summed E-state index contributed by atoms with van der Waals surface area (Å²) in [4.78, 5) is 19.6. The summed E-state index contributed by atoms with van der Waals surface area (Å²) in [5.74, 6) is 0.146. The van der Waals surface area contributed by atoms with E-state index in [4.69, 9.17) is 23.8 Å². The maximum atomic E-state index is 13.1. The summed E-state index contributed by atoms with van der Waals surface area (Å²) in [7, 11) is 0. The van der Waals surface area contributed by atoms with E-state index in [1.54, 1.807) is 0 Å². The van der Waals surface area contributed by atoms with Gasteiger partial charge in [0.1, 0.15) is 0 Å². The van der Waals surface area contributed by atoms with Gasteiger partial charge in [0, 0.05) is 42.8 Å². The molecule has 0 aromatic heterocycles. The summed E-state index contributed by atoms with van der Waals surface area (Å²) >= 11 is 11.7. The third-order valence-corrected chi connectivity index (χ3v) is 7.27. The highest BCUT2D eigenvalue weighted by atomic mass is 35.5. The van der Waals surface area contributed by atoms with Crippen LogP contribution in [0.5, 0.6) is 0 Å². The van der Waals surface area contributed by atoms with Crippen molar-refractivity contribution in [2.45, 2.75) is 44.8 Å². The first-order chi connectivity index (χ1) is 15.7. The van der Waals surface area contributed by atoms with Crippen LogP contribution < -0.4 is 5.32 Å². The second kappa shape index (κ2) is 10.00. The van der Waals surface area contributed by atoms with Gasteiger partial charge in [0.15, 0.2) is 5.11 Å². The molecular weight excluding hydrogens is 452 g/mol. The number of amides is 1. The van der Waals surface area contributed by atoms with Crippen LogP contribution in [0.4, 0.5) is 0 Å². The van der Waals surface area contributed by atoms with Crippen molar-refractivity contribution in [3.8, 4) is 0 Å². The van der Waals surface area contributed by atoms with Crippen molar-refractivity contribution in [2.24, 2.45) is 0 Å². The molecular formula is C26H33ClN4OS. The topological polar surface area (TPSA) is 38.8 Å². The molecule has 2 saturated heterocycles. The van der Waals surface area contributed by atoms with Crippen LogP contribution in [-0.4, -0.2) is 70.0 Å². The number of thiocarbonyl (C=S) groups is 1. The van der Waals surface area contributed by atoms with Crippen molar-refractivity contribution in [1.29, 1.82) is 0 Å². The summed E-state index contributed by atoms with van der Waals surface area (Å²) in [6.07, 6.45) is 0.952. The fourth-order valence-electron chi connectivity index (χ4n) is 5.06. The van der Waals surface area contributed by atoms with E-state index >= 15 is 0 Å². The van der Waals surface area contributed by atoms with Crippen molar-refractivity contribution in [1.82, 2.24) is 20.0 Å². The van der Waals surface area contributed by atoms with Gasteiger partial charge < -0.3 is 15.1 Å². The molecule has 2 aromatic rings. The lowest BCUT2D eigenvalue weighted by atomic mass is 9.93. The maximum Gasteiger partial charge on any atom is 0.242 e. The lowest BCUT2D eigenvalue weighted by molar-refractivity contribution is -0.134. The Morgan fingerprint density at radius 3 is 2.27 bits per heavy atom. The maximum absolute atomic E-state index is 13.1. The first kappa shape index (κ1) is 24.0. The largest absolute Gasteiger partial charge is 0.358 e. The van der Waals surface area contributed by atoms with Gasteiger partial charge in [-0.25, -0.2) is 0 Å². The Balaban J connectivity index is 1.42. The van der Waals surface area contributed by atoms with Crippen LogP contribution in [0.1, 0.15) is 44.4 Å². The van der Waals surface area contributed by atoms with Crippen LogP contribution in [0.3, 0.4) is 0 Å². The van der Waals surface area contributed by atoms with E-state index in [1.807, 2.05) is 28.0 Å². The highest BCUT2D eigenvalue weighted by molar-refractivity contribution is 7.80. The molecule has 2 atom stereocenters. The molecule has 7 heteroatoms. The van der Waals surface area contributed by atoms with Crippen molar-refractivity contribution in [3.05, 3.63) is 70.7 Å². The van der Waals surface area contributed by atoms with E-state index in [0.717, 1.165) is 24.5 Å². The normalized spacial score (nSPS) is 22.1. The number of hydrogen-bond donors (Lipinski definition) is 1. The summed E-state index contributed by atoms with van der Waals surface area (Å²) in [5, 5.41) is 4.79. The molecule has 2 aliphatic rings. The van der Waals surface area contributed by atoms with Crippen molar-refractivity contribution in [2.75, 3.05) is 32.7 Å². The second-order valence-electron chi connectivity index (χ2n) is 9.78. The predicted molar refractivity (Wildman–Crippen MR) is 138 cm³/mol. The molecule has 0 saturated carbocycles. The number of benzene rings is 2. The first-order valence-electron chi connectivity index (χ1n) is 11.6. The number of carbonyl (C=O) groups is 1. The van der Waals surface area contributed by atoms with Crippen molar-refractivity contribution >= 4 is 34.8 Å². The monoisotopic (exact) mass is 484 g/mol. The zero-order chi connectivity index (χ0) is 23.6. The molecule has 1 N–H and O–H groups in total. The number of nitrogens with zero attached hydrogens (tertiary/aromatic N) is 3. The number of hydrogen-bond acceptors (Lipinski definition) is 3. The van der Waals surface area contributed by atoms with Gasteiger partial charge in [-0.3, -0.25) is 9.69 Å². The molecule has 0 unspecified atom stereocenters. The third-order valence-electron chi connectivity index (χ3n) is 6.68. The Bertz CT molecular complexity index is 974. The molecule has 2 heterocycles. The predicted octanol–water partition coefficient (Wildman–Crippen LogP) is 4.32. The SMILES string of the molecule is C[C@H]1CC(C)(C)NC(=S)N1CC(=O)N1CCN([C@@H](c2ccccc2)c2ccc(Cl)cc2)CC1. The van der Waals surface area contributed by atoms with Crippen molar-refractivity contribution in [3.63, 3.8) is 0 Å². The zero-order valence-electron chi connectivity index (χ0n) is 19.6. The van der Waals surface area contributed by atoms with Crippen LogP contribution in [0, 0.1) is 0 Å². The minimum absolute atomic E-state index is 0.0320. The Hall–Kier alpha value is -2.15. The van der Waals surface area contributed by atoms with Gasteiger partial charge in [-0.05, 0) is 62.7 Å². The van der Waals surface area contributed by atoms with Gasteiger partial charge in [0.25, 0.3) is 0 Å². The lowest BCUT2D eigenvalue weighted by Crippen LogP contribution is -2.62. The van der Waals surface area contributed by atoms with Gasteiger partial charge >= 0.3 is 0 Å². The zero-order valence-corrected chi connectivity index (χ0v) is 21.2. The fourth-order valence-corrected chi connectivity index (χ4v) is 5.71. The summed E-state index contributed by atoms with van der Waals surface area (Å²) in [5.41, 5.74) is 2.43. The number of rotatable bonds is 5. The highest BCUT2D eigenvalue weighted by Crippen LogP contribution is 2.30. The summed E-state index contributed by atoms with van der Waals surface area (Å²) < 4.78 is 0. The van der Waals surface area contributed by atoms with Crippen molar-refractivity contribution < 1.29 is 4.79 Å². The van der Waals surface area contributed by atoms with Crippen LogP contribution in [-0.2, 0) is 4.79 Å². The molecule has 0 spiro atoms. The van der Waals surface area contributed by atoms with E-state index in [0.29, 0.717) is 24.7 Å². The third kappa shape index (κ3) is 5.68. The average Bonchev–Trinajstić information content (AvgIpc) is 2.78. The van der Waals surface area contributed by atoms with Gasteiger partial charge in [0.2, 0.25) is 5.91 Å².